The maximum atomic E-state index is 9.77. The van der Waals surface area contributed by atoms with Crippen LogP contribution in [0.4, 0.5) is 5.69 Å². The van der Waals surface area contributed by atoms with Crippen LogP contribution in [0.1, 0.15) is 6.92 Å². The summed E-state index contributed by atoms with van der Waals surface area (Å²) in [5.74, 6) is 0.911. The van der Waals surface area contributed by atoms with Crippen molar-refractivity contribution in [3.8, 4) is 17.1 Å². The molecule has 3 rings (SSSR count). The number of aromatic nitrogens is 2. The molecular formula is C15H14BrN3O. The van der Waals surface area contributed by atoms with Gasteiger partial charge in [0.2, 0.25) is 0 Å². The third-order valence-corrected chi connectivity index (χ3v) is 3.81. The standard InChI is InChI=1S/C15H14BrN3O/c1-2-19-13-6-4-10(16)8-12(13)18-15(19)9-3-5-11(17)14(20)7-9/h3-8,20H,2,17H2,1H3. The first kappa shape index (κ1) is 13.0. The maximum absolute atomic E-state index is 9.77. The van der Waals surface area contributed by atoms with Crippen molar-refractivity contribution < 1.29 is 5.11 Å². The van der Waals surface area contributed by atoms with E-state index < -0.39 is 0 Å². The van der Waals surface area contributed by atoms with Crippen molar-refractivity contribution in [2.24, 2.45) is 0 Å². The largest absolute Gasteiger partial charge is 0.506 e. The van der Waals surface area contributed by atoms with E-state index in [1.807, 2.05) is 24.3 Å². The molecule has 0 unspecified atom stereocenters. The summed E-state index contributed by atoms with van der Waals surface area (Å²) in [7, 11) is 0. The van der Waals surface area contributed by atoms with Gasteiger partial charge in [0.05, 0.1) is 16.7 Å². The van der Waals surface area contributed by atoms with E-state index in [9.17, 15) is 5.11 Å². The summed E-state index contributed by atoms with van der Waals surface area (Å²) in [6.07, 6.45) is 0. The Bertz CT molecular complexity index is 795. The summed E-state index contributed by atoms with van der Waals surface area (Å²) in [5.41, 5.74) is 8.87. The molecule has 0 fully saturated rings. The molecule has 2 aromatic carbocycles. The van der Waals surface area contributed by atoms with E-state index in [1.165, 1.54) is 0 Å². The SMILES string of the molecule is CCn1c(-c2ccc(N)c(O)c2)nc2cc(Br)ccc21. The number of aromatic hydroxyl groups is 1. The molecule has 0 aliphatic rings. The van der Waals surface area contributed by atoms with E-state index in [0.29, 0.717) is 5.69 Å². The molecule has 0 saturated carbocycles. The van der Waals surface area contributed by atoms with E-state index in [-0.39, 0.29) is 5.75 Å². The minimum atomic E-state index is 0.0818. The second-order valence-electron chi connectivity index (χ2n) is 4.59. The molecule has 0 saturated heterocycles. The molecule has 0 aliphatic heterocycles. The number of nitrogens with zero attached hydrogens (tertiary/aromatic N) is 2. The fourth-order valence-corrected chi connectivity index (χ4v) is 2.68. The van der Waals surface area contributed by atoms with Crippen molar-refractivity contribution in [3.63, 3.8) is 0 Å². The minimum absolute atomic E-state index is 0.0818. The van der Waals surface area contributed by atoms with Gasteiger partial charge in [0.25, 0.3) is 0 Å². The second kappa shape index (κ2) is 4.83. The van der Waals surface area contributed by atoms with E-state index in [0.717, 1.165) is 33.4 Å². The number of hydrogen-bond acceptors (Lipinski definition) is 3. The Labute approximate surface area is 125 Å². The molecule has 1 aromatic heterocycles. The minimum Gasteiger partial charge on any atom is -0.506 e. The number of anilines is 1. The van der Waals surface area contributed by atoms with Crippen LogP contribution < -0.4 is 5.73 Å². The van der Waals surface area contributed by atoms with Crippen molar-refractivity contribution >= 4 is 32.7 Å². The highest BCUT2D eigenvalue weighted by Gasteiger charge is 2.12. The number of hydrogen-bond donors (Lipinski definition) is 2. The van der Waals surface area contributed by atoms with Crippen molar-refractivity contribution in [2.45, 2.75) is 13.5 Å². The highest BCUT2D eigenvalue weighted by Crippen LogP contribution is 2.30. The van der Waals surface area contributed by atoms with Crippen LogP contribution in [0.25, 0.3) is 22.4 Å². The summed E-state index contributed by atoms with van der Waals surface area (Å²) in [6.45, 7) is 2.88. The topological polar surface area (TPSA) is 64.1 Å². The molecule has 3 aromatic rings. The molecule has 20 heavy (non-hydrogen) atoms. The zero-order valence-electron chi connectivity index (χ0n) is 11.0. The molecule has 0 atom stereocenters. The summed E-state index contributed by atoms with van der Waals surface area (Å²) in [6, 6.07) is 11.2. The zero-order chi connectivity index (χ0) is 14.3. The van der Waals surface area contributed by atoms with Crippen LogP contribution in [0.15, 0.2) is 40.9 Å². The Balaban J connectivity index is 2.26. The molecule has 0 spiro atoms. The molecule has 5 heteroatoms. The molecule has 0 aliphatic carbocycles. The highest BCUT2D eigenvalue weighted by molar-refractivity contribution is 9.10. The molecule has 4 nitrogen and oxygen atoms in total. The Hall–Kier alpha value is -2.01. The average molecular weight is 332 g/mol. The van der Waals surface area contributed by atoms with Crippen LogP contribution in [0, 0.1) is 0 Å². The van der Waals surface area contributed by atoms with E-state index >= 15 is 0 Å². The van der Waals surface area contributed by atoms with Crippen LogP contribution >= 0.6 is 15.9 Å². The predicted octanol–water partition coefficient (Wildman–Crippen LogP) is 3.77. The summed E-state index contributed by atoms with van der Waals surface area (Å²) >= 11 is 3.46. The average Bonchev–Trinajstić information content (AvgIpc) is 2.79. The van der Waals surface area contributed by atoms with Crippen LogP contribution in [0.3, 0.4) is 0 Å². The van der Waals surface area contributed by atoms with Crippen molar-refractivity contribution in [1.29, 1.82) is 0 Å². The molecule has 1 heterocycles. The third kappa shape index (κ3) is 2.04. The van der Waals surface area contributed by atoms with Gasteiger partial charge in [-0.1, -0.05) is 15.9 Å². The van der Waals surface area contributed by atoms with Crippen molar-refractivity contribution in [3.05, 3.63) is 40.9 Å². The Kier molecular flexibility index (Phi) is 3.14. The first-order chi connectivity index (χ1) is 9.60. The second-order valence-corrected chi connectivity index (χ2v) is 5.50. The van der Waals surface area contributed by atoms with Crippen molar-refractivity contribution in [1.82, 2.24) is 9.55 Å². The van der Waals surface area contributed by atoms with Crippen molar-refractivity contribution in [2.75, 3.05) is 5.73 Å². The monoisotopic (exact) mass is 331 g/mol. The smallest absolute Gasteiger partial charge is 0.141 e. The van der Waals surface area contributed by atoms with Gasteiger partial charge in [-0.2, -0.15) is 0 Å². The van der Waals surface area contributed by atoms with Gasteiger partial charge in [-0.15, -0.1) is 0 Å². The van der Waals surface area contributed by atoms with Gasteiger partial charge in [-0.25, -0.2) is 4.98 Å². The fourth-order valence-electron chi connectivity index (χ4n) is 2.33. The number of halogens is 1. The van der Waals surface area contributed by atoms with E-state index in [1.54, 1.807) is 12.1 Å². The molecular weight excluding hydrogens is 318 g/mol. The summed E-state index contributed by atoms with van der Waals surface area (Å²) < 4.78 is 3.12. The molecule has 102 valence electrons. The number of rotatable bonds is 2. The maximum Gasteiger partial charge on any atom is 0.141 e. The van der Waals surface area contributed by atoms with Gasteiger partial charge in [-0.05, 0) is 43.3 Å². The van der Waals surface area contributed by atoms with Gasteiger partial charge < -0.3 is 15.4 Å². The molecule has 0 bridgehead atoms. The predicted molar refractivity (Wildman–Crippen MR) is 84.6 cm³/mol. The first-order valence-electron chi connectivity index (χ1n) is 6.35. The number of nitrogens with two attached hydrogens (primary N) is 1. The number of phenolic OH excluding ortho intramolecular Hbond substituents is 1. The lowest BCUT2D eigenvalue weighted by atomic mass is 10.2. The Morgan fingerprint density at radius 3 is 2.75 bits per heavy atom. The van der Waals surface area contributed by atoms with Crippen LogP contribution in [0.5, 0.6) is 5.75 Å². The number of benzene rings is 2. The zero-order valence-corrected chi connectivity index (χ0v) is 12.6. The Morgan fingerprint density at radius 1 is 1.25 bits per heavy atom. The lowest BCUT2D eigenvalue weighted by Crippen LogP contribution is -1.97. The van der Waals surface area contributed by atoms with Gasteiger partial charge in [0.15, 0.2) is 0 Å². The fraction of sp³-hybridized carbons (Fsp3) is 0.133. The number of aryl methyl sites for hydroxylation is 1. The Morgan fingerprint density at radius 2 is 2.05 bits per heavy atom. The molecule has 0 amide bonds. The molecule has 0 radical (unpaired) electrons. The van der Waals surface area contributed by atoms with Crippen LogP contribution in [-0.2, 0) is 6.54 Å². The highest BCUT2D eigenvalue weighted by atomic mass is 79.9. The number of phenols is 1. The summed E-state index contributed by atoms with van der Waals surface area (Å²) in [4.78, 5) is 4.67. The molecule has 3 N–H and O–H groups in total. The van der Waals surface area contributed by atoms with Gasteiger partial charge in [0.1, 0.15) is 11.6 Å². The number of imidazole rings is 1. The van der Waals surface area contributed by atoms with E-state index in [2.05, 4.69) is 32.4 Å². The lowest BCUT2D eigenvalue weighted by molar-refractivity contribution is 0.478. The number of fused-ring (bicyclic) bond motifs is 1. The third-order valence-electron chi connectivity index (χ3n) is 3.32. The van der Waals surface area contributed by atoms with E-state index in [4.69, 9.17) is 5.73 Å². The number of nitrogen functional groups attached to an aromatic ring is 1. The first-order valence-corrected chi connectivity index (χ1v) is 7.14. The van der Waals surface area contributed by atoms with Gasteiger partial charge in [-0.3, -0.25) is 0 Å². The van der Waals surface area contributed by atoms with Gasteiger partial charge >= 0.3 is 0 Å². The van der Waals surface area contributed by atoms with Crippen LogP contribution in [-0.4, -0.2) is 14.7 Å². The summed E-state index contributed by atoms with van der Waals surface area (Å²) in [5, 5.41) is 9.77. The van der Waals surface area contributed by atoms with Gasteiger partial charge in [0, 0.05) is 16.6 Å². The normalized spacial score (nSPS) is 11.1. The lowest BCUT2D eigenvalue weighted by Gasteiger charge is -2.07. The quantitative estimate of drug-likeness (QED) is 0.555. The van der Waals surface area contributed by atoms with Crippen LogP contribution in [0.2, 0.25) is 0 Å².